The van der Waals surface area contributed by atoms with Crippen molar-refractivity contribution in [1.29, 1.82) is 0 Å². The summed E-state index contributed by atoms with van der Waals surface area (Å²) in [6.45, 7) is 6.02. The zero-order valence-electron chi connectivity index (χ0n) is 11.7. The van der Waals surface area contributed by atoms with Gasteiger partial charge in [0.15, 0.2) is 0 Å². The maximum Gasteiger partial charge on any atom is 0.271 e. The van der Waals surface area contributed by atoms with E-state index in [0.717, 1.165) is 40.4 Å². The lowest BCUT2D eigenvalue weighted by Gasteiger charge is -2.25. The number of carbonyl (C=O) groups excluding carboxylic acids is 1. The molecule has 5 heteroatoms. The maximum absolute atomic E-state index is 12.4. The maximum atomic E-state index is 12.4. The Hall–Kier alpha value is -1.72. The highest BCUT2D eigenvalue weighted by molar-refractivity contribution is 7.19. The van der Waals surface area contributed by atoms with E-state index in [1.807, 2.05) is 18.2 Å². The first-order valence-electron chi connectivity index (χ1n) is 7.30. The van der Waals surface area contributed by atoms with Crippen molar-refractivity contribution in [3.8, 4) is 0 Å². The molecule has 0 aliphatic carbocycles. The third-order valence-electron chi connectivity index (χ3n) is 4.47. The molecule has 2 aromatic heterocycles. The van der Waals surface area contributed by atoms with Gasteiger partial charge in [0, 0.05) is 34.2 Å². The molecule has 2 fully saturated rings. The molecule has 4 heterocycles. The van der Waals surface area contributed by atoms with Gasteiger partial charge < -0.3 is 5.32 Å². The standard InChI is InChI=1S/C16H17N3OS/c1-2-12-6-11-8-17-13(7-14(11)21-12)16(20)18-15-5-10-3-4-19(15)9-10/h2,6-8,10,15H,1,3-5,9H2,(H,18,20). The van der Waals surface area contributed by atoms with Gasteiger partial charge in [-0.1, -0.05) is 12.7 Å². The second-order valence-electron chi connectivity index (χ2n) is 5.83. The Bertz CT molecular complexity index is 723. The van der Waals surface area contributed by atoms with Crippen LogP contribution in [0, 0.1) is 5.92 Å². The Morgan fingerprint density at radius 2 is 2.43 bits per heavy atom. The van der Waals surface area contributed by atoms with Crippen LogP contribution in [0.5, 0.6) is 0 Å². The zero-order chi connectivity index (χ0) is 14.4. The highest BCUT2D eigenvalue weighted by Gasteiger charge is 2.38. The number of hydrogen-bond acceptors (Lipinski definition) is 4. The number of rotatable bonds is 3. The fourth-order valence-electron chi connectivity index (χ4n) is 3.36. The van der Waals surface area contributed by atoms with Crippen LogP contribution in [-0.4, -0.2) is 35.0 Å². The molecule has 4 rings (SSSR count). The molecule has 108 valence electrons. The molecule has 4 nitrogen and oxygen atoms in total. The van der Waals surface area contributed by atoms with E-state index >= 15 is 0 Å². The van der Waals surface area contributed by atoms with Crippen molar-refractivity contribution in [1.82, 2.24) is 15.2 Å². The minimum Gasteiger partial charge on any atom is -0.335 e. The zero-order valence-corrected chi connectivity index (χ0v) is 12.5. The number of carbonyl (C=O) groups is 1. The van der Waals surface area contributed by atoms with Gasteiger partial charge in [0.1, 0.15) is 5.69 Å². The SMILES string of the molecule is C=Cc1cc2cnc(C(=O)NC3CC4CCN3C4)cc2s1. The van der Waals surface area contributed by atoms with E-state index in [1.165, 1.54) is 6.42 Å². The molecule has 1 amide bonds. The number of nitrogens with one attached hydrogen (secondary N) is 1. The predicted molar refractivity (Wildman–Crippen MR) is 85.3 cm³/mol. The van der Waals surface area contributed by atoms with Gasteiger partial charge in [-0.05, 0) is 30.9 Å². The van der Waals surface area contributed by atoms with Gasteiger partial charge in [0.2, 0.25) is 0 Å². The molecule has 0 spiro atoms. The number of piperidine rings is 1. The summed E-state index contributed by atoms with van der Waals surface area (Å²) in [5, 5.41) is 4.19. The normalized spacial score (nSPS) is 27.1. The largest absolute Gasteiger partial charge is 0.335 e. The Morgan fingerprint density at radius 3 is 3.14 bits per heavy atom. The van der Waals surface area contributed by atoms with Crippen molar-refractivity contribution in [3.63, 3.8) is 0 Å². The second-order valence-corrected chi connectivity index (χ2v) is 6.95. The van der Waals surface area contributed by atoms with Gasteiger partial charge in [0.05, 0.1) is 6.17 Å². The molecule has 2 saturated heterocycles. The summed E-state index contributed by atoms with van der Waals surface area (Å²) in [7, 11) is 0. The van der Waals surface area contributed by atoms with E-state index < -0.39 is 0 Å². The van der Waals surface area contributed by atoms with E-state index in [9.17, 15) is 4.79 Å². The quantitative estimate of drug-likeness (QED) is 0.948. The van der Waals surface area contributed by atoms with E-state index in [-0.39, 0.29) is 12.1 Å². The highest BCUT2D eigenvalue weighted by atomic mass is 32.1. The highest BCUT2D eigenvalue weighted by Crippen LogP contribution is 2.31. The molecular formula is C16H17N3OS. The number of hydrogen-bond donors (Lipinski definition) is 1. The molecule has 3 unspecified atom stereocenters. The van der Waals surface area contributed by atoms with Gasteiger partial charge in [-0.3, -0.25) is 14.7 Å². The Morgan fingerprint density at radius 1 is 1.52 bits per heavy atom. The number of fused-ring (bicyclic) bond motifs is 3. The second kappa shape index (κ2) is 4.93. The Balaban J connectivity index is 1.54. The minimum atomic E-state index is -0.0667. The van der Waals surface area contributed by atoms with Crippen LogP contribution in [0.25, 0.3) is 16.2 Å². The van der Waals surface area contributed by atoms with Crippen LogP contribution >= 0.6 is 11.3 Å². The van der Waals surface area contributed by atoms with Gasteiger partial charge >= 0.3 is 0 Å². The van der Waals surface area contributed by atoms with Crippen LogP contribution in [0.3, 0.4) is 0 Å². The summed E-state index contributed by atoms with van der Waals surface area (Å²) in [5.74, 6) is 0.696. The molecule has 1 N–H and O–H groups in total. The Kier molecular flexibility index (Phi) is 3.05. The van der Waals surface area contributed by atoms with Crippen molar-refractivity contribution in [2.45, 2.75) is 19.0 Å². The van der Waals surface area contributed by atoms with E-state index in [2.05, 4.69) is 21.8 Å². The molecule has 0 saturated carbocycles. The molecule has 2 aliphatic heterocycles. The lowest BCUT2D eigenvalue weighted by atomic mass is 10.0. The van der Waals surface area contributed by atoms with E-state index in [1.54, 1.807) is 17.5 Å². The van der Waals surface area contributed by atoms with Crippen molar-refractivity contribution in [2.24, 2.45) is 5.92 Å². The first-order chi connectivity index (χ1) is 10.2. The first kappa shape index (κ1) is 13.0. The molecular weight excluding hydrogens is 282 g/mol. The Labute approximate surface area is 127 Å². The first-order valence-corrected chi connectivity index (χ1v) is 8.11. The summed E-state index contributed by atoms with van der Waals surface area (Å²) in [6.07, 6.45) is 6.15. The number of thiophene rings is 1. The molecule has 21 heavy (non-hydrogen) atoms. The number of amides is 1. The fourth-order valence-corrected chi connectivity index (χ4v) is 4.28. The summed E-state index contributed by atoms with van der Waals surface area (Å²) in [4.78, 5) is 20.1. The number of nitrogens with zero attached hydrogens (tertiary/aromatic N) is 2. The number of aromatic nitrogens is 1. The lowest BCUT2D eigenvalue weighted by molar-refractivity contribution is 0.0878. The van der Waals surface area contributed by atoms with Crippen molar-refractivity contribution < 1.29 is 4.79 Å². The summed E-state index contributed by atoms with van der Waals surface area (Å²) in [5.41, 5.74) is 0.504. The monoisotopic (exact) mass is 299 g/mol. The average Bonchev–Trinajstić information content (AvgIpc) is 3.20. The minimum absolute atomic E-state index is 0.0667. The van der Waals surface area contributed by atoms with E-state index in [0.29, 0.717) is 5.69 Å². The topological polar surface area (TPSA) is 45.2 Å². The van der Waals surface area contributed by atoms with Crippen LogP contribution in [0.2, 0.25) is 0 Å². The van der Waals surface area contributed by atoms with Crippen molar-refractivity contribution in [3.05, 3.63) is 35.5 Å². The van der Waals surface area contributed by atoms with Crippen LogP contribution in [-0.2, 0) is 0 Å². The summed E-state index contributed by atoms with van der Waals surface area (Å²) >= 11 is 1.64. The molecule has 2 aliphatic rings. The molecule has 0 radical (unpaired) electrons. The van der Waals surface area contributed by atoms with E-state index in [4.69, 9.17) is 0 Å². The van der Waals surface area contributed by atoms with Crippen molar-refractivity contribution in [2.75, 3.05) is 13.1 Å². The molecule has 2 bridgehead atoms. The van der Waals surface area contributed by atoms with Gasteiger partial charge in [-0.2, -0.15) is 0 Å². The lowest BCUT2D eigenvalue weighted by Crippen LogP contribution is -2.45. The number of pyridine rings is 1. The van der Waals surface area contributed by atoms with Gasteiger partial charge in [0.25, 0.3) is 5.91 Å². The third kappa shape index (κ3) is 2.26. The molecule has 0 aromatic carbocycles. The van der Waals surface area contributed by atoms with Gasteiger partial charge in [-0.25, -0.2) is 0 Å². The summed E-state index contributed by atoms with van der Waals surface area (Å²) in [6, 6.07) is 3.92. The van der Waals surface area contributed by atoms with Crippen molar-refractivity contribution >= 4 is 33.4 Å². The molecule has 2 aromatic rings. The average molecular weight is 299 g/mol. The third-order valence-corrected chi connectivity index (χ3v) is 5.56. The van der Waals surface area contributed by atoms with Crippen LogP contribution < -0.4 is 5.32 Å². The van der Waals surface area contributed by atoms with Crippen LogP contribution in [0.1, 0.15) is 28.2 Å². The smallest absolute Gasteiger partial charge is 0.271 e. The predicted octanol–water partition coefficient (Wildman–Crippen LogP) is 2.72. The van der Waals surface area contributed by atoms with Crippen LogP contribution in [0.15, 0.2) is 24.9 Å². The summed E-state index contributed by atoms with van der Waals surface area (Å²) < 4.78 is 1.08. The molecule has 3 atom stereocenters. The fraction of sp³-hybridized carbons (Fsp3) is 0.375. The van der Waals surface area contributed by atoms with Crippen LogP contribution in [0.4, 0.5) is 0 Å². The van der Waals surface area contributed by atoms with Gasteiger partial charge in [-0.15, -0.1) is 11.3 Å².